The lowest BCUT2D eigenvalue weighted by atomic mass is 10.0. The molecule has 0 aliphatic heterocycles. The minimum absolute atomic E-state index is 0.0504. The summed E-state index contributed by atoms with van der Waals surface area (Å²) in [6, 6.07) is 5.33. The van der Waals surface area contributed by atoms with Crippen LogP contribution in [-0.4, -0.2) is 45.7 Å². The fourth-order valence-electron chi connectivity index (χ4n) is 3.30. The first kappa shape index (κ1) is 21.9. The lowest BCUT2D eigenvalue weighted by Crippen LogP contribution is -2.50. The van der Waals surface area contributed by atoms with Gasteiger partial charge in [-0.1, -0.05) is 25.8 Å². The van der Waals surface area contributed by atoms with Crippen LogP contribution in [0.1, 0.15) is 65.7 Å². The second-order valence-corrected chi connectivity index (χ2v) is 8.01. The first-order valence-corrected chi connectivity index (χ1v) is 10.1. The lowest BCUT2D eigenvalue weighted by molar-refractivity contribution is -0.139. The van der Waals surface area contributed by atoms with Crippen molar-refractivity contribution in [3.63, 3.8) is 0 Å². The van der Waals surface area contributed by atoms with E-state index >= 15 is 0 Å². The molecular weight excluding hydrogens is 356 g/mol. The molecule has 1 aliphatic carbocycles. The molecule has 0 atom stereocenters. The van der Waals surface area contributed by atoms with Crippen LogP contribution in [0.3, 0.4) is 0 Å². The van der Waals surface area contributed by atoms with Gasteiger partial charge in [0.15, 0.2) is 0 Å². The van der Waals surface area contributed by atoms with Crippen LogP contribution in [0, 0.1) is 0 Å². The van der Waals surface area contributed by atoms with Gasteiger partial charge in [-0.2, -0.15) is 0 Å². The molecule has 0 unspecified atom stereocenters. The molecule has 1 heterocycles. The number of carbonyl (C=O) groups is 3. The van der Waals surface area contributed by atoms with Crippen LogP contribution >= 0.6 is 0 Å². The van der Waals surface area contributed by atoms with Gasteiger partial charge in [0, 0.05) is 30.6 Å². The fourth-order valence-corrected chi connectivity index (χ4v) is 3.30. The average molecular weight is 389 g/mol. The summed E-state index contributed by atoms with van der Waals surface area (Å²) in [6.45, 7) is 6.00. The molecule has 28 heavy (non-hydrogen) atoms. The molecule has 2 rings (SSSR count). The number of hydrogen-bond acceptors (Lipinski definition) is 4. The van der Waals surface area contributed by atoms with Gasteiger partial charge in [0.25, 0.3) is 0 Å². The van der Waals surface area contributed by atoms with Gasteiger partial charge in [0.2, 0.25) is 17.7 Å². The molecule has 7 nitrogen and oxygen atoms in total. The van der Waals surface area contributed by atoms with Crippen molar-refractivity contribution in [1.29, 1.82) is 0 Å². The third-order valence-electron chi connectivity index (χ3n) is 5.26. The molecular formula is C21H32N4O3. The van der Waals surface area contributed by atoms with Crippen LogP contribution < -0.4 is 10.6 Å². The monoisotopic (exact) mass is 388 g/mol. The summed E-state index contributed by atoms with van der Waals surface area (Å²) in [5, 5.41) is 5.68. The highest BCUT2D eigenvalue weighted by atomic mass is 16.2. The molecule has 7 heteroatoms. The Morgan fingerprint density at radius 1 is 1.14 bits per heavy atom. The SMILES string of the molecule is CCC(C)(C)NC(=O)CN(C(=O)CCC(=O)Nc1ccccn1)C1CCCC1. The second-order valence-electron chi connectivity index (χ2n) is 8.01. The number of rotatable bonds is 9. The Morgan fingerprint density at radius 3 is 2.46 bits per heavy atom. The summed E-state index contributed by atoms with van der Waals surface area (Å²) in [7, 11) is 0. The molecule has 0 aromatic carbocycles. The van der Waals surface area contributed by atoms with Crippen LogP contribution in [0.25, 0.3) is 0 Å². The fraction of sp³-hybridized carbons (Fsp3) is 0.619. The smallest absolute Gasteiger partial charge is 0.240 e. The van der Waals surface area contributed by atoms with E-state index in [1.807, 2.05) is 20.8 Å². The van der Waals surface area contributed by atoms with Crippen molar-refractivity contribution >= 4 is 23.5 Å². The minimum Gasteiger partial charge on any atom is -0.350 e. The molecule has 0 bridgehead atoms. The molecule has 2 N–H and O–H groups in total. The highest BCUT2D eigenvalue weighted by molar-refractivity contribution is 5.93. The van der Waals surface area contributed by atoms with Crippen LogP contribution in [0.5, 0.6) is 0 Å². The Labute approximate surface area is 167 Å². The van der Waals surface area contributed by atoms with Crippen LogP contribution in [-0.2, 0) is 14.4 Å². The van der Waals surface area contributed by atoms with Crippen molar-refractivity contribution in [2.75, 3.05) is 11.9 Å². The Hall–Kier alpha value is -2.44. The van der Waals surface area contributed by atoms with Crippen molar-refractivity contribution in [2.45, 2.75) is 77.3 Å². The number of amides is 3. The topological polar surface area (TPSA) is 91.4 Å². The van der Waals surface area contributed by atoms with Gasteiger partial charge in [0.1, 0.15) is 5.82 Å². The molecule has 0 spiro atoms. The van der Waals surface area contributed by atoms with Gasteiger partial charge >= 0.3 is 0 Å². The van der Waals surface area contributed by atoms with Crippen LogP contribution in [0.2, 0.25) is 0 Å². The summed E-state index contributed by atoms with van der Waals surface area (Å²) in [6.07, 6.45) is 6.52. The Balaban J connectivity index is 1.91. The molecule has 1 aromatic rings. The first-order chi connectivity index (χ1) is 13.3. The number of nitrogens with zero attached hydrogens (tertiary/aromatic N) is 2. The molecule has 3 amide bonds. The molecule has 1 saturated carbocycles. The number of pyridine rings is 1. The van der Waals surface area contributed by atoms with Crippen LogP contribution in [0.15, 0.2) is 24.4 Å². The molecule has 1 aromatic heterocycles. The molecule has 1 aliphatic rings. The van der Waals surface area contributed by atoms with Gasteiger partial charge in [-0.25, -0.2) is 4.98 Å². The maximum atomic E-state index is 12.8. The van der Waals surface area contributed by atoms with Crippen molar-refractivity contribution < 1.29 is 14.4 Å². The highest BCUT2D eigenvalue weighted by Crippen LogP contribution is 2.24. The number of anilines is 1. The van der Waals surface area contributed by atoms with Gasteiger partial charge < -0.3 is 15.5 Å². The largest absolute Gasteiger partial charge is 0.350 e. The predicted octanol–water partition coefficient (Wildman–Crippen LogP) is 2.88. The summed E-state index contributed by atoms with van der Waals surface area (Å²) in [5.41, 5.74) is -0.302. The highest BCUT2D eigenvalue weighted by Gasteiger charge is 2.29. The van der Waals surface area contributed by atoms with Crippen molar-refractivity contribution in [1.82, 2.24) is 15.2 Å². The summed E-state index contributed by atoms with van der Waals surface area (Å²) in [4.78, 5) is 43.1. The Kier molecular flexibility index (Phi) is 7.96. The second kappa shape index (κ2) is 10.2. The molecule has 1 fully saturated rings. The van der Waals surface area contributed by atoms with E-state index in [-0.39, 0.29) is 48.7 Å². The van der Waals surface area contributed by atoms with Crippen molar-refractivity contribution in [2.24, 2.45) is 0 Å². The van der Waals surface area contributed by atoms with Crippen molar-refractivity contribution in [3.8, 4) is 0 Å². The maximum Gasteiger partial charge on any atom is 0.240 e. The third-order valence-corrected chi connectivity index (χ3v) is 5.26. The Bertz CT molecular complexity index is 669. The average Bonchev–Trinajstić information content (AvgIpc) is 3.19. The third kappa shape index (κ3) is 6.94. The maximum absolute atomic E-state index is 12.8. The van der Waals surface area contributed by atoms with Crippen LogP contribution in [0.4, 0.5) is 5.82 Å². The van der Waals surface area contributed by atoms with Gasteiger partial charge in [0.05, 0.1) is 6.54 Å². The summed E-state index contributed by atoms with van der Waals surface area (Å²) in [5.74, 6) is -0.0821. The zero-order valence-electron chi connectivity index (χ0n) is 17.2. The Morgan fingerprint density at radius 2 is 1.86 bits per heavy atom. The quantitative estimate of drug-likeness (QED) is 0.680. The lowest BCUT2D eigenvalue weighted by Gasteiger charge is -2.31. The predicted molar refractivity (Wildman–Crippen MR) is 109 cm³/mol. The number of nitrogens with one attached hydrogen (secondary N) is 2. The van der Waals surface area contributed by atoms with E-state index < -0.39 is 0 Å². The van der Waals surface area contributed by atoms with E-state index in [9.17, 15) is 14.4 Å². The van der Waals surface area contributed by atoms with E-state index in [1.54, 1.807) is 29.3 Å². The van der Waals surface area contributed by atoms with Gasteiger partial charge in [-0.15, -0.1) is 0 Å². The van der Waals surface area contributed by atoms with Gasteiger partial charge in [-0.3, -0.25) is 14.4 Å². The minimum atomic E-state index is -0.302. The van der Waals surface area contributed by atoms with E-state index in [0.717, 1.165) is 32.1 Å². The van der Waals surface area contributed by atoms with Gasteiger partial charge in [-0.05, 0) is 45.2 Å². The molecule has 0 radical (unpaired) electrons. The molecule has 154 valence electrons. The number of hydrogen-bond donors (Lipinski definition) is 2. The normalized spacial score (nSPS) is 14.5. The zero-order chi connectivity index (χ0) is 20.6. The zero-order valence-corrected chi connectivity index (χ0v) is 17.2. The van der Waals surface area contributed by atoms with Crippen molar-refractivity contribution in [3.05, 3.63) is 24.4 Å². The van der Waals surface area contributed by atoms with E-state index in [0.29, 0.717) is 5.82 Å². The van der Waals surface area contributed by atoms with E-state index in [2.05, 4.69) is 15.6 Å². The first-order valence-electron chi connectivity index (χ1n) is 10.1. The van der Waals surface area contributed by atoms with E-state index in [4.69, 9.17) is 0 Å². The van der Waals surface area contributed by atoms with E-state index in [1.165, 1.54) is 0 Å². The number of carbonyl (C=O) groups excluding carboxylic acids is 3. The standard InChI is InChI=1S/C21H32N4O3/c1-4-21(2,3)24-19(27)15-25(16-9-5-6-10-16)20(28)13-12-18(26)23-17-11-7-8-14-22-17/h7-8,11,14,16H,4-6,9-10,12-13,15H2,1-3H3,(H,24,27)(H,22,23,26). The summed E-state index contributed by atoms with van der Waals surface area (Å²) < 4.78 is 0. The summed E-state index contributed by atoms with van der Waals surface area (Å²) >= 11 is 0. The number of aromatic nitrogens is 1. The molecule has 0 saturated heterocycles.